The second kappa shape index (κ2) is 9.64. The number of nitrogens with one attached hydrogen (secondary N) is 1. The summed E-state index contributed by atoms with van der Waals surface area (Å²) in [6.07, 6.45) is 5.63. The van der Waals surface area contributed by atoms with E-state index in [1.807, 2.05) is 24.3 Å². The van der Waals surface area contributed by atoms with E-state index in [9.17, 15) is 4.39 Å². The van der Waals surface area contributed by atoms with Gasteiger partial charge in [-0.3, -0.25) is 9.88 Å². The highest BCUT2D eigenvalue weighted by molar-refractivity contribution is 8.00. The summed E-state index contributed by atoms with van der Waals surface area (Å²) < 4.78 is 23.3. The normalized spacial score (nSPS) is 14.1. The van der Waals surface area contributed by atoms with Crippen LogP contribution < -0.4 is 9.46 Å². The smallest absolute Gasteiger partial charge is 0.228 e. The zero-order valence-electron chi connectivity index (χ0n) is 16.6. The molecule has 4 rings (SSSR count). The maximum absolute atomic E-state index is 14.8. The minimum absolute atomic E-state index is 0.260. The van der Waals surface area contributed by atoms with Crippen molar-refractivity contribution in [1.29, 1.82) is 0 Å². The van der Waals surface area contributed by atoms with Gasteiger partial charge in [0.1, 0.15) is 5.82 Å². The molecule has 1 fully saturated rings. The molecule has 2 aromatic heterocycles. The number of rotatable bonds is 7. The lowest BCUT2D eigenvalue weighted by molar-refractivity contribution is 0.331. The van der Waals surface area contributed by atoms with Crippen molar-refractivity contribution in [3.63, 3.8) is 0 Å². The van der Waals surface area contributed by atoms with Crippen LogP contribution in [0, 0.1) is 5.82 Å². The standard InChI is InChI=1S/C22H22ClFN4OS/c1-29-22-21(11-16(23)13-26-22)30-27-17-6-7-25-20(12-17)18-5-4-15(10-19(18)24)14-28-8-2-3-9-28/h4-7,10-13H,2-3,8-9,14H2,1H3,(H,25,27). The second-order valence-electron chi connectivity index (χ2n) is 7.09. The Labute approximate surface area is 184 Å². The summed E-state index contributed by atoms with van der Waals surface area (Å²) in [5, 5.41) is 0.520. The van der Waals surface area contributed by atoms with Crippen molar-refractivity contribution in [3.05, 3.63) is 65.2 Å². The number of likely N-dealkylation sites (tertiary alicyclic amines) is 1. The van der Waals surface area contributed by atoms with Gasteiger partial charge in [-0.1, -0.05) is 17.7 Å². The predicted octanol–water partition coefficient (Wildman–Crippen LogP) is 5.66. The number of hydrogen-bond donors (Lipinski definition) is 1. The number of hydrogen-bond acceptors (Lipinski definition) is 6. The summed E-state index contributed by atoms with van der Waals surface area (Å²) in [4.78, 5) is 11.6. The fraction of sp³-hybridized carbons (Fsp3) is 0.273. The molecule has 1 saturated heterocycles. The highest BCUT2D eigenvalue weighted by atomic mass is 35.5. The van der Waals surface area contributed by atoms with Gasteiger partial charge in [0.25, 0.3) is 0 Å². The van der Waals surface area contributed by atoms with Crippen LogP contribution in [0.1, 0.15) is 18.4 Å². The van der Waals surface area contributed by atoms with Crippen LogP contribution in [-0.4, -0.2) is 35.1 Å². The molecule has 0 aliphatic carbocycles. The van der Waals surface area contributed by atoms with Crippen molar-refractivity contribution in [2.45, 2.75) is 24.3 Å². The van der Waals surface area contributed by atoms with E-state index in [0.29, 0.717) is 22.2 Å². The van der Waals surface area contributed by atoms with E-state index in [2.05, 4.69) is 19.6 Å². The molecule has 1 aromatic carbocycles. The van der Waals surface area contributed by atoms with Crippen LogP contribution in [0.25, 0.3) is 11.3 Å². The maximum atomic E-state index is 14.8. The highest BCUT2D eigenvalue weighted by Crippen LogP contribution is 2.32. The second-order valence-corrected chi connectivity index (χ2v) is 8.38. The first-order valence-electron chi connectivity index (χ1n) is 9.72. The van der Waals surface area contributed by atoms with Gasteiger partial charge in [-0.2, -0.15) is 0 Å². The van der Waals surface area contributed by atoms with Crippen LogP contribution >= 0.6 is 23.5 Å². The molecule has 0 radical (unpaired) electrons. The molecule has 0 amide bonds. The molecule has 30 heavy (non-hydrogen) atoms. The van der Waals surface area contributed by atoms with Crippen LogP contribution in [0.5, 0.6) is 5.88 Å². The van der Waals surface area contributed by atoms with E-state index < -0.39 is 0 Å². The molecular formula is C22H22ClFN4OS. The Morgan fingerprint density at radius 2 is 2.00 bits per heavy atom. The molecule has 1 N–H and O–H groups in total. The molecular weight excluding hydrogens is 423 g/mol. The first-order chi connectivity index (χ1) is 14.6. The minimum atomic E-state index is -0.260. The molecule has 3 aromatic rings. The van der Waals surface area contributed by atoms with Crippen LogP contribution in [0.15, 0.2) is 53.7 Å². The molecule has 156 valence electrons. The van der Waals surface area contributed by atoms with Gasteiger partial charge in [-0.25, -0.2) is 9.37 Å². The van der Waals surface area contributed by atoms with E-state index in [4.69, 9.17) is 16.3 Å². The van der Waals surface area contributed by atoms with E-state index in [-0.39, 0.29) is 5.82 Å². The third-order valence-electron chi connectivity index (χ3n) is 4.93. The molecule has 1 aliphatic rings. The largest absolute Gasteiger partial charge is 0.480 e. The van der Waals surface area contributed by atoms with Crippen LogP contribution in [0.3, 0.4) is 0 Å². The summed E-state index contributed by atoms with van der Waals surface area (Å²) in [5.41, 5.74) is 2.83. The summed E-state index contributed by atoms with van der Waals surface area (Å²) in [5.74, 6) is 0.218. The number of anilines is 1. The van der Waals surface area contributed by atoms with Crippen LogP contribution in [0.2, 0.25) is 5.02 Å². The molecule has 0 saturated carbocycles. The summed E-state index contributed by atoms with van der Waals surface area (Å²) in [6, 6.07) is 10.8. The van der Waals surface area contributed by atoms with E-state index >= 15 is 0 Å². The van der Waals surface area contributed by atoms with Gasteiger partial charge < -0.3 is 9.46 Å². The number of ether oxygens (including phenoxy) is 1. The molecule has 0 bridgehead atoms. The number of aromatic nitrogens is 2. The fourth-order valence-corrected chi connectivity index (χ4v) is 4.44. The van der Waals surface area contributed by atoms with Gasteiger partial charge in [-0.15, -0.1) is 0 Å². The maximum Gasteiger partial charge on any atom is 0.228 e. The Bertz CT molecular complexity index is 1030. The SMILES string of the molecule is COc1ncc(Cl)cc1SNc1ccnc(-c2ccc(CN3CCCC3)cc2F)c1. The lowest BCUT2D eigenvalue weighted by Gasteiger charge is -2.15. The fourth-order valence-electron chi connectivity index (χ4n) is 3.45. The van der Waals surface area contributed by atoms with E-state index in [0.717, 1.165) is 35.8 Å². The zero-order chi connectivity index (χ0) is 20.9. The van der Waals surface area contributed by atoms with Crippen molar-refractivity contribution in [1.82, 2.24) is 14.9 Å². The van der Waals surface area contributed by atoms with Gasteiger partial charge in [-0.05, 0) is 73.8 Å². The highest BCUT2D eigenvalue weighted by Gasteiger charge is 2.14. The third kappa shape index (κ3) is 5.03. The summed E-state index contributed by atoms with van der Waals surface area (Å²) >= 11 is 7.35. The number of nitrogens with zero attached hydrogens (tertiary/aromatic N) is 3. The van der Waals surface area contributed by atoms with Crippen molar-refractivity contribution in [3.8, 4) is 17.1 Å². The van der Waals surface area contributed by atoms with Crippen molar-refractivity contribution < 1.29 is 9.13 Å². The van der Waals surface area contributed by atoms with Gasteiger partial charge in [0, 0.05) is 30.2 Å². The van der Waals surface area contributed by atoms with E-state index in [1.165, 1.54) is 31.0 Å². The lowest BCUT2D eigenvalue weighted by Crippen LogP contribution is -2.18. The molecule has 1 aliphatic heterocycles. The Kier molecular flexibility index (Phi) is 6.72. The zero-order valence-corrected chi connectivity index (χ0v) is 18.1. The topological polar surface area (TPSA) is 50.3 Å². The molecule has 0 atom stereocenters. The van der Waals surface area contributed by atoms with E-state index in [1.54, 1.807) is 25.4 Å². The monoisotopic (exact) mass is 444 g/mol. The number of benzene rings is 1. The Hall–Kier alpha value is -2.35. The van der Waals surface area contributed by atoms with Crippen LogP contribution in [0.4, 0.5) is 10.1 Å². The van der Waals surface area contributed by atoms with Gasteiger partial charge >= 0.3 is 0 Å². The number of pyridine rings is 2. The lowest BCUT2D eigenvalue weighted by atomic mass is 10.1. The molecule has 0 unspecified atom stereocenters. The van der Waals surface area contributed by atoms with Crippen molar-refractivity contribution in [2.24, 2.45) is 0 Å². The number of methoxy groups -OCH3 is 1. The average molecular weight is 445 g/mol. The molecule has 5 nitrogen and oxygen atoms in total. The Morgan fingerprint density at radius 3 is 2.77 bits per heavy atom. The Morgan fingerprint density at radius 1 is 1.17 bits per heavy atom. The third-order valence-corrected chi connectivity index (χ3v) is 5.99. The molecule has 8 heteroatoms. The van der Waals surface area contributed by atoms with Gasteiger partial charge in [0.05, 0.1) is 22.7 Å². The first kappa shape index (κ1) is 20.9. The Balaban J connectivity index is 1.48. The summed E-state index contributed by atoms with van der Waals surface area (Å²) in [6.45, 7) is 2.96. The van der Waals surface area contributed by atoms with Crippen molar-refractivity contribution >= 4 is 29.2 Å². The van der Waals surface area contributed by atoms with Gasteiger partial charge in [0.15, 0.2) is 0 Å². The van der Waals surface area contributed by atoms with Gasteiger partial charge in [0.2, 0.25) is 5.88 Å². The summed E-state index contributed by atoms with van der Waals surface area (Å²) in [7, 11) is 1.56. The average Bonchev–Trinajstić information content (AvgIpc) is 3.26. The predicted molar refractivity (Wildman–Crippen MR) is 119 cm³/mol. The van der Waals surface area contributed by atoms with Crippen molar-refractivity contribution in [2.75, 3.05) is 24.9 Å². The number of halogens is 2. The minimum Gasteiger partial charge on any atom is -0.480 e. The first-order valence-corrected chi connectivity index (χ1v) is 10.9. The quantitative estimate of drug-likeness (QED) is 0.474. The molecule has 0 spiro atoms. The van der Waals surface area contributed by atoms with Crippen LogP contribution in [-0.2, 0) is 6.54 Å². The molecule has 3 heterocycles.